The van der Waals surface area contributed by atoms with Crippen molar-refractivity contribution >= 4 is 53.0 Å². The monoisotopic (exact) mass is 633 g/mol. The zero-order valence-corrected chi connectivity index (χ0v) is 24.5. The topological polar surface area (TPSA) is 102 Å². The van der Waals surface area contributed by atoms with Gasteiger partial charge in [0.05, 0.1) is 28.5 Å². The number of benzene rings is 2. The quantitative estimate of drug-likeness (QED) is 0.172. The van der Waals surface area contributed by atoms with Crippen LogP contribution in [0.15, 0.2) is 18.2 Å². The number of halogens is 6. The summed E-state index contributed by atoms with van der Waals surface area (Å²) in [6.07, 6.45) is 1.06. The van der Waals surface area contributed by atoms with Crippen LogP contribution in [0.25, 0.3) is 0 Å². The van der Waals surface area contributed by atoms with Crippen LogP contribution in [0.4, 0.5) is 17.6 Å². The molecule has 0 aliphatic carbocycles. The molecule has 0 saturated heterocycles. The minimum absolute atomic E-state index is 0.0321. The molecule has 2 aromatic rings. The van der Waals surface area contributed by atoms with Crippen LogP contribution >= 0.6 is 23.2 Å². The molecule has 0 fully saturated rings. The molecule has 0 radical (unpaired) electrons. The second-order valence-electron chi connectivity index (χ2n) is 10.4. The molecule has 3 rings (SSSR count). The number of hydrogen-bond acceptors (Lipinski definition) is 6. The first-order valence-corrected chi connectivity index (χ1v) is 13.4. The van der Waals surface area contributed by atoms with E-state index in [1.165, 1.54) is 18.3 Å². The Morgan fingerprint density at radius 2 is 1.62 bits per heavy atom. The molecule has 8 nitrogen and oxygen atoms in total. The summed E-state index contributed by atoms with van der Waals surface area (Å²) in [6, 6.07) is 0.0765. The molecule has 0 unspecified atom stereocenters. The van der Waals surface area contributed by atoms with Crippen LogP contribution in [0.1, 0.15) is 56.5 Å². The van der Waals surface area contributed by atoms with E-state index in [0.29, 0.717) is 5.56 Å². The zero-order chi connectivity index (χ0) is 31.5. The lowest BCUT2D eigenvalue weighted by Crippen LogP contribution is -2.52. The van der Waals surface area contributed by atoms with Crippen molar-refractivity contribution in [2.24, 2.45) is 0 Å². The van der Waals surface area contributed by atoms with Crippen molar-refractivity contribution in [3.8, 4) is 5.75 Å². The van der Waals surface area contributed by atoms with Crippen molar-refractivity contribution in [1.82, 2.24) is 5.32 Å². The highest BCUT2D eigenvalue weighted by molar-refractivity contribution is 6.42. The van der Waals surface area contributed by atoms with Gasteiger partial charge in [-0.05, 0) is 38.5 Å². The van der Waals surface area contributed by atoms with Gasteiger partial charge in [-0.1, -0.05) is 30.1 Å². The molecule has 0 saturated carbocycles. The van der Waals surface area contributed by atoms with Crippen LogP contribution in [-0.4, -0.2) is 58.6 Å². The number of hydrogen-bond donors (Lipinski definition) is 1. The summed E-state index contributed by atoms with van der Waals surface area (Å²) in [5, 5.41) is 2.76. The van der Waals surface area contributed by atoms with Gasteiger partial charge >= 0.3 is 11.9 Å². The van der Waals surface area contributed by atoms with Crippen molar-refractivity contribution in [3.63, 3.8) is 0 Å². The molecular weight excluding hydrogens is 607 g/mol. The fourth-order valence-electron chi connectivity index (χ4n) is 4.14. The molecule has 1 aliphatic heterocycles. The van der Waals surface area contributed by atoms with Crippen LogP contribution in [0, 0.1) is 23.3 Å². The maximum atomic E-state index is 14.0. The van der Waals surface area contributed by atoms with Crippen molar-refractivity contribution in [3.05, 3.63) is 62.6 Å². The first-order valence-electron chi connectivity index (χ1n) is 12.7. The Labute approximate surface area is 248 Å². The van der Waals surface area contributed by atoms with E-state index in [2.05, 4.69) is 5.32 Å². The Balaban J connectivity index is 1.85. The van der Waals surface area contributed by atoms with E-state index in [0.717, 1.165) is 4.58 Å². The Morgan fingerprint density at radius 3 is 2.19 bits per heavy atom. The van der Waals surface area contributed by atoms with Gasteiger partial charge in [0.15, 0.2) is 29.4 Å². The minimum Gasteiger partial charge on any atom is -0.479 e. The average molecular weight is 634 g/mol. The van der Waals surface area contributed by atoms with Gasteiger partial charge in [-0.15, -0.1) is 0 Å². The van der Waals surface area contributed by atoms with E-state index in [1.54, 1.807) is 27.7 Å². The Bertz CT molecular complexity index is 1450. The van der Waals surface area contributed by atoms with Crippen molar-refractivity contribution < 1.29 is 50.8 Å². The molecule has 0 spiro atoms. The van der Waals surface area contributed by atoms with Crippen molar-refractivity contribution in [1.29, 1.82) is 0 Å². The van der Waals surface area contributed by atoms with Gasteiger partial charge in [-0.2, -0.15) is 13.4 Å². The number of nitrogens with one attached hydrogen (secondary N) is 1. The van der Waals surface area contributed by atoms with Gasteiger partial charge in [0.2, 0.25) is 17.7 Å². The van der Waals surface area contributed by atoms with E-state index in [9.17, 15) is 36.7 Å². The molecule has 0 aromatic heterocycles. The normalized spacial score (nSPS) is 14.4. The van der Waals surface area contributed by atoms with E-state index in [-0.39, 0.29) is 34.5 Å². The number of ether oxygens (including phenoxy) is 2. The molecule has 1 heterocycles. The Morgan fingerprint density at radius 1 is 1.02 bits per heavy atom. The second kappa shape index (κ2) is 13.2. The van der Waals surface area contributed by atoms with Crippen LogP contribution in [-0.2, 0) is 25.5 Å². The van der Waals surface area contributed by atoms with Gasteiger partial charge in [0.1, 0.15) is 18.2 Å². The lowest BCUT2D eigenvalue weighted by atomic mass is 9.99. The summed E-state index contributed by atoms with van der Waals surface area (Å²) in [4.78, 5) is 52.2. The number of rotatable bonds is 10. The Kier molecular flexibility index (Phi) is 10.4. The molecule has 1 aliphatic rings. The molecule has 1 N–H and O–H groups in total. The highest BCUT2D eigenvalue weighted by Gasteiger charge is 2.40. The number of ketones is 1. The third-order valence-corrected chi connectivity index (χ3v) is 6.79. The molecule has 14 heteroatoms. The number of esters is 1. The number of nitrogens with zero attached hydrogens (tertiary/aromatic N) is 1. The highest BCUT2D eigenvalue weighted by Crippen LogP contribution is 2.29. The predicted octanol–water partition coefficient (Wildman–Crippen LogP) is 4.97. The van der Waals surface area contributed by atoms with Gasteiger partial charge < -0.3 is 14.8 Å². The number of carbonyl (C=O) groups is 4. The zero-order valence-electron chi connectivity index (χ0n) is 23.0. The largest absolute Gasteiger partial charge is 0.479 e. The van der Waals surface area contributed by atoms with Crippen LogP contribution in [0.5, 0.6) is 5.75 Å². The molecule has 2 amide bonds. The fourth-order valence-corrected chi connectivity index (χ4v) is 4.49. The van der Waals surface area contributed by atoms with Crippen LogP contribution < -0.4 is 10.1 Å². The number of carbonyl (C=O) groups excluding carboxylic acids is 4. The summed E-state index contributed by atoms with van der Waals surface area (Å²) in [6.45, 7) is 5.12. The van der Waals surface area contributed by atoms with Gasteiger partial charge in [0.25, 0.3) is 5.91 Å². The standard InChI is InChI=1S/C28H26Cl2F4N2O6/c1-5-20(36-7-6-13-8-15(29)16(30)9-14(13)27(36)40)26(39)35-19(11-22(38)42-28(2,3)4)21(37)12-41-25-23(33)17(31)10-18(32)24(25)34/h7-10,19-20H,5-6,11-12H2,1-4H3/p+1/t19-,20-/m0/s1. The molecule has 42 heavy (non-hydrogen) atoms. The fraction of sp³-hybridized carbons (Fsp3) is 0.393. The number of amides is 2. The molecule has 226 valence electrons. The van der Waals surface area contributed by atoms with E-state index < -0.39 is 83.3 Å². The summed E-state index contributed by atoms with van der Waals surface area (Å²) >= 11 is 12.1. The summed E-state index contributed by atoms with van der Waals surface area (Å²) in [7, 11) is 0. The van der Waals surface area contributed by atoms with E-state index in [4.69, 9.17) is 32.7 Å². The molecular formula is C28H27Cl2F4N2O6+. The van der Waals surface area contributed by atoms with Gasteiger partial charge in [-0.25, -0.2) is 13.6 Å². The summed E-state index contributed by atoms with van der Waals surface area (Å²) < 4.78 is 66.3. The van der Waals surface area contributed by atoms with Crippen LogP contribution in [0.2, 0.25) is 10.0 Å². The second-order valence-corrected chi connectivity index (χ2v) is 11.2. The van der Waals surface area contributed by atoms with Crippen molar-refractivity contribution in [2.75, 3.05) is 6.61 Å². The molecule has 2 aromatic carbocycles. The van der Waals surface area contributed by atoms with Gasteiger partial charge in [0, 0.05) is 12.5 Å². The highest BCUT2D eigenvalue weighted by atomic mass is 35.5. The van der Waals surface area contributed by atoms with Crippen LogP contribution in [0.3, 0.4) is 0 Å². The first kappa shape index (κ1) is 33.0. The number of Topliss-reactive ketones (excluding diaryl/α,β-unsaturated/α-hetero) is 1. The number of fused-ring (bicyclic) bond motifs is 1. The lowest BCUT2D eigenvalue weighted by molar-refractivity contribution is -0.456. The van der Waals surface area contributed by atoms with Crippen molar-refractivity contribution in [2.45, 2.75) is 64.6 Å². The summed E-state index contributed by atoms with van der Waals surface area (Å²) in [5.74, 6) is -12.1. The van der Waals surface area contributed by atoms with E-state index >= 15 is 0 Å². The van der Waals surface area contributed by atoms with Gasteiger partial charge in [-0.3, -0.25) is 14.4 Å². The first-order chi connectivity index (χ1) is 19.5. The summed E-state index contributed by atoms with van der Waals surface area (Å²) in [5.41, 5.74) is -0.154. The van der Waals surface area contributed by atoms with E-state index in [1.807, 2.05) is 0 Å². The average Bonchev–Trinajstić information content (AvgIpc) is 2.89. The smallest absolute Gasteiger partial charge is 0.420 e. The SMILES string of the molecule is CC[C@@H](C(=O)N[C@@H](CC(=O)OC(C)(C)C)C(=O)COc1c(F)c(F)cc(F)c1F)[N+]1=CCc2cc(Cl)c(Cl)cc2C1=O. The molecule has 2 atom stereocenters. The molecule has 0 bridgehead atoms. The predicted molar refractivity (Wildman–Crippen MR) is 144 cm³/mol. The third kappa shape index (κ3) is 7.65. The maximum Gasteiger partial charge on any atom is 0.420 e. The lowest BCUT2D eigenvalue weighted by Gasteiger charge is -2.24. The minimum atomic E-state index is -1.87. The third-order valence-electron chi connectivity index (χ3n) is 6.07. The Hall–Kier alpha value is -3.51. The maximum absolute atomic E-state index is 14.0.